The van der Waals surface area contributed by atoms with Gasteiger partial charge < -0.3 is 5.32 Å². The molecule has 17 heavy (non-hydrogen) atoms. The molecule has 0 atom stereocenters. The maximum atomic E-state index is 4.59. The third-order valence-corrected chi connectivity index (χ3v) is 3.73. The van der Waals surface area contributed by atoms with Gasteiger partial charge in [-0.1, -0.05) is 6.92 Å². The largest absolute Gasteiger partial charge is 0.317 e. The van der Waals surface area contributed by atoms with Crippen molar-refractivity contribution in [3.63, 3.8) is 0 Å². The average molecular weight is 233 g/mol. The number of aromatic nitrogens is 2. The van der Waals surface area contributed by atoms with Crippen molar-refractivity contribution in [1.29, 1.82) is 0 Å². The van der Waals surface area contributed by atoms with Crippen LogP contribution in [0.15, 0.2) is 0 Å². The van der Waals surface area contributed by atoms with Crippen LogP contribution in [0.3, 0.4) is 0 Å². The number of nitrogens with zero attached hydrogens (tertiary/aromatic N) is 2. The van der Waals surface area contributed by atoms with Crippen molar-refractivity contribution in [3.05, 3.63) is 22.8 Å². The van der Waals surface area contributed by atoms with E-state index < -0.39 is 0 Å². The Bertz CT molecular complexity index is 358. The van der Waals surface area contributed by atoms with Gasteiger partial charge in [-0.2, -0.15) is 0 Å². The van der Waals surface area contributed by atoms with Crippen molar-refractivity contribution in [2.24, 2.45) is 5.92 Å². The van der Waals surface area contributed by atoms with Gasteiger partial charge in [-0.15, -0.1) is 0 Å². The van der Waals surface area contributed by atoms with E-state index in [9.17, 15) is 0 Å². The van der Waals surface area contributed by atoms with Crippen molar-refractivity contribution < 1.29 is 0 Å². The molecule has 1 saturated heterocycles. The van der Waals surface area contributed by atoms with E-state index in [-0.39, 0.29) is 0 Å². The molecule has 1 aromatic rings. The lowest BCUT2D eigenvalue weighted by Crippen LogP contribution is -2.29. The van der Waals surface area contributed by atoms with Gasteiger partial charge in [0.15, 0.2) is 0 Å². The van der Waals surface area contributed by atoms with Gasteiger partial charge in [0.1, 0.15) is 5.82 Å². The molecule has 0 radical (unpaired) electrons. The number of hydrogen-bond donors (Lipinski definition) is 1. The predicted molar refractivity (Wildman–Crippen MR) is 70.2 cm³/mol. The molecule has 3 nitrogen and oxygen atoms in total. The van der Waals surface area contributed by atoms with Crippen LogP contribution in [0.25, 0.3) is 0 Å². The minimum atomic E-state index is 0.810. The van der Waals surface area contributed by atoms with Gasteiger partial charge in [0.2, 0.25) is 0 Å². The zero-order valence-electron chi connectivity index (χ0n) is 11.2. The Hall–Kier alpha value is -0.960. The molecule has 1 aliphatic heterocycles. The van der Waals surface area contributed by atoms with Crippen LogP contribution in [-0.2, 0) is 12.8 Å². The van der Waals surface area contributed by atoms with E-state index in [4.69, 9.17) is 0 Å². The Morgan fingerprint density at radius 3 is 2.24 bits per heavy atom. The molecular weight excluding hydrogens is 210 g/mol. The summed E-state index contributed by atoms with van der Waals surface area (Å²) in [6, 6.07) is 0. The van der Waals surface area contributed by atoms with Gasteiger partial charge in [0.25, 0.3) is 0 Å². The summed E-state index contributed by atoms with van der Waals surface area (Å²) in [5, 5.41) is 3.42. The maximum Gasteiger partial charge on any atom is 0.128 e. The first-order valence-corrected chi connectivity index (χ1v) is 6.74. The molecule has 2 rings (SSSR count). The minimum Gasteiger partial charge on any atom is -0.317 e. The van der Waals surface area contributed by atoms with Crippen LogP contribution in [0.4, 0.5) is 0 Å². The summed E-state index contributed by atoms with van der Waals surface area (Å²) in [6.07, 6.45) is 4.65. The van der Waals surface area contributed by atoms with Gasteiger partial charge in [-0.25, -0.2) is 9.97 Å². The van der Waals surface area contributed by atoms with Crippen LogP contribution in [0.2, 0.25) is 0 Å². The zero-order chi connectivity index (χ0) is 12.3. The molecule has 0 bridgehead atoms. The number of hydrogen-bond acceptors (Lipinski definition) is 3. The van der Waals surface area contributed by atoms with Crippen LogP contribution in [0.5, 0.6) is 0 Å². The highest BCUT2D eigenvalue weighted by molar-refractivity contribution is 5.25. The lowest BCUT2D eigenvalue weighted by molar-refractivity contribution is 0.371. The van der Waals surface area contributed by atoms with E-state index in [1.54, 1.807) is 0 Å². The number of piperidine rings is 1. The van der Waals surface area contributed by atoms with Crippen LogP contribution < -0.4 is 5.32 Å². The second-order valence-electron chi connectivity index (χ2n) is 5.04. The normalized spacial score (nSPS) is 17.4. The van der Waals surface area contributed by atoms with Gasteiger partial charge in [-0.05, 0) is 57.7 Å². The van der Waals surface area contributed by atoms with Crippen molar-refractivity contribution in [2.45, 2.75) is 46.5 Å². The summed E-state index contributed by atoms with van der Waals surface area (Å²) in [7, 11) is 0. The first-order chi connectivity index (χ1) is 8.20. The average Bonchev–Trinajstić information content (AvgIpc) is 2.35. The molecule has 0 aliphatic carbocycles. The topological polar surface area (TPSA) is 37.8 Å². The highest BCUT2D eigenvalue weighted by atomic mass is 14.9. The second kappa shape index (κ2) is 5.58. The quantitative estimate of drug-likeness (QED) is 0.869. The Morgan fingerprint density at radius 2 is 1.71 bits per heavy atom. The molecule has 94 valence electrons. The summed E-state index contributed by atoms with van der Waals surface area (Å²) >= 11 is 0. The molecule has 1 fully saturated rings. The number of nitrogens with one attached hydrogen (secondary N) is 1. The fourth-order valence-corrected chi connectivity index (χ4v) is 2.64. The fourth-order valence-electron chi connectivity index (χ4n) is 2.64. The Kier molecular flexibility index (Phi) is 4.11. The fraction of sp³-hybridized carbons (Fsp3) is 0.714. The first-order valence-electron chi connectivity index (χ1n) is 6.74. The summed E-state index contributed by atoms with van der Waals surface area (Å²) in [5.41, 5.74) is 3.76. The van der Waals surface area contributed by atoms with Gasteiger partial charge in [-0.3, -0.25) is 0 Å². The lowest BCUT2D eigenvalue weighted by atomic mass is 9.90. The van der Waals surface area contributed by atoms with Crippen molar-refractivity contribution >= 4 is 0 Å². The summed E-state index contributed by atoms with van der Waals surface area (Å²) in [4.78, 5) is 9.18. The molecule has 3 heteroatoms. The second-order valence-corrected chi connectivity index (χ2v) is 5.04. The number of rotatable bonds is 3. The third kappa shape index (κ3) is 3.03. The van der Waals surface area contributed by atoms with Gasteiger partial charge >= 0.3 is 0 Å². The molecule has 0 spiro atoms. The molecule has 1 N–H and O–H groups in total. The van der Waals surface area contributed by atoms with E-state index in [0.29, 0.717) is 0 Å². The summed E-state index contributed by atoms with van der Waals surface area (Å²) in [6.45, 7) is 8.70. The molecular formula is C14H23N3. The van der Waals surface area contributed by atoms with E-state index >= 15 is 0 Å². The minimum absolute atomic E-state index is 0.810. The van der Waals surface area contributed by atoms with Gasteiger partial charge in [0, 0.05) is 17.8 Å². The Labute approximate surface area is 104 Å². The van der Waals surface area contributed by atoms with Gasteiger partial charge in [0.05, 0.1) is 0 Å². The van der Waals surface area contributed by atoms with E-state index in [2.05, 4.69) is 36.1 Å². The van der Waals surface area contributed by atoms with Crippen LogP contribution >= 0.6 is 0 Å². The van der Waals surface area contributed by atoms with E-state index in [1.807, 2.05) is 0 Å². The first kappa shape index (κ1) is 12.5. The maximum absolute atomic E-state index is 4.59. The summed E-state index contributed by atoms with van der Waals surface area (Å²) < 4.78 is 0. The highest BCUT2D eigenvalue weighted by Gasteiger charge is 2.17. The lowest BCUT2D eigenvalue weighted by Gasteiger charge is -2.23. The van der Waals surface area contributed by atoms with Crippen molar-refractivity contribution in [3.8, 4) is 0 Å². The summed E-state index contributed by atoms with van der Waals surface area (Å²) in [5.74, 6) is 1.79. The highest BCUT2D eigenvalue weighted by Crippen LogP contribution is 2.21. The monoisotopic (exact) mass is 233 g/mol. The molecule has 1 aromatic heterocycles. The standard InChI is InChI=1S/C14H23N3/c1-4-14-16-10(2)13(11(3)17-14)9-12-5-7-15-8-6-12/h12,15H,4-9H2,1-3H3. The molecule has 1 aliphatic rings. The van der Waals surface area contributed by atoms with Crippen LogP contribution in [0, 0.1) is 19.8 Å². The van der Waals surface area contributed by atoms with Crippen molar-refractivity contribution in [1.82, 2.24) is 15.3 Å². The zero-order valence-corrected chi connectivity index (χ0v) is 11.2. The SMILES string of the molecule is CCc1nc(C)c(CC2CCNCC2)c(C)n1. The third-order valence-electron chi connectivity index (χ3n) is 3.73. The molecule has 0 aromatic carbocycles. The molecule has 0 unspecified atom stereocenters. The van der Waals surface area contributed by atoms with E-state index in [0.717, 1.165) is 37.7 Å². The molecule has 0 saturated carbocycles. The van der Waals surface area contributed by atoms with E-state index in [1.165, 1.54) is 29.8 Å². The smallest absolute Gasteiger partial charge is 0.128 e. The number of aryl methyl sites for hydroxylation is 3. The van der Waals surface area contributed by atoms with Crippen molar-refractivity contribution in [2.75, 3.05) is 13.1 Å². The van der Waals surface area contributed by atoms with Crippen LogP contribution in [0.1, 0.15) is 42.5 Å². The Balaban J connectivity index is 2.14. The Morgan fingerprint density at radius 1 is 1.12 bits per heavy atom. The predicted octanol–water partition coefficient (Wildman–Crippen LogP) is 2.20. The molecule has 2 heterocycles. The molecule has 0 amide bonds. The van der Waals surface area contributed by atoms with Crippen LogP contribution in [-0.4, -0.2) is 23.1 Å².